The topological polar surface area (TPSA) is 82.5 Å². The molecule has 3 rings (SSSR count). The maximum Gasteiger partial charge on any atom is 0.409 e. The fourth-order valence-corrected chi connectivity index (χ4v) is 3.33. The zero-order chi connectivity index (χ0) is 16.1. The fraction of sp³-hybridized carbons (Fsp3) is 0.500. The van der Waals surface area contributed by atoms with E-state index >= 15 is 0 Å². The molecule has 8 heteroatoms. The molecular weight excluding hydrogens is 296 g/mol. The van der Waals surface area contributed by atoms with Gasteiger partial charge in [-0.1, -0.05) is 0 Å². The lowest BCUT2D eigenvalue weighted by atomic mass is 9.69. The van der Waals surface area contributed by atoms with E-state index < -0.39 is 17.4 Å². The van der Waals surface area contributed by atoms with Crippen molar-refractivity contribution in [3.05, 3.63) is 17.8 Å². The standard InChI is InChI=1S/C14H15F2N3O3/c1-19-10-9(6-8(7-17-10)18-12(21)22)13(11(19)20)2-4-14(15,16)5-3-13/h6-7,18H,2-5H2,1H3,(H,21,22). The van der Waals surface area contributed by atoms with Crippen LogP contribution in [-0.2, 0) is 10.2 Å². The maximum absolute atomic E-state index is 13.5. The minimum atomic E-state index is -2.75. The van der Waals surface area contributed by atoms with E-state index in [-0.39, 0.29) is 37.3 Å². The molecule has 6 nitrogen and oxygen atoms in total. The first kappa shape index (κ1) is 14.7. The summed E-state index contributed by atoms with van der Waals surface area (Å²) in [5.41, 5.74) is -0.262. The van der Waals surface area contributed by atoms with Crippen molar-refractivity contribution in [2.45, 2.75) is 37.0 Å². The molecule has 0 radical (unpaired) electrons. The van der Waals surface area contributed by atoms with Gasteiger partial charge in [-0.2, -0.15) is 0 Å². The SMILES string of the molecule is CN1C(=O)C2(CCC(F)(F)CC2)c2cc(NC(=O)O)cnc21. The van der Waals surface area contributed by atoms with Crippen LogP contribution < -0.4 is 10.2 Å². The molecule has 0 bridgehead atoms. The number of halogens is 2. The van der Waals surface area contributed by atoms with Crippen molar-refractivity contribution >= 4 is 23.5 Å². The van der Waals surface area contributed by atoms with Gasteiger partial charge in [0.05, 0.1) is 17.3 Å². The number of rotatable bonds is 1. The van der Waals surface area contributed by atoms with E-state index in [1.807, 2.05) is 0 Å². The van der Waals surface area contributed by atoms with Crippen molar-refractivity contribution in [2.75, 3.05) is 17.3 Å². The van der Waals surface area contributed by atoms with Crippen LogP contribution in [0.2, 0.25) is 0 Å². The molecular formula is C14H15F2N3O3. The zero-order valence-electron chi connectivity index (χ0n) is 11.9. The summed E-state index contributed by atoms with van der Waals surface area (Å²) < 4.78 is 26.9. The summed E-state index contributed by atoms with van der Waals surface area (Å²) in [7, 11) is 1.56. The number of pyridine rings is 1. The molecule has 0 aromatic carbocycles. The highest BCUT2D eigenvalue weighted by atomic mass is 19.3. The lowest BCUT2D eigenvalue weighted by Gasteiger charge is -2.35. The molecule has 0 saturated heterocycles. The molecule has 2 N–H and O–H groups in total. The summed E-state index contributed by atoms with van der Waals surface area (Å²) in [5, 5.41) is 11.0. The Bertz CT molecular complexity index is 653. The highest BCUT2D eigenvalue weighted by Gasteiger charge is 2.55. The predicted octanol–water partition coefficient (Wildman–Crippen LogP) is 2.59. The minimum Gasteiger partial charge on any atom is -0.465 e. The lowest BCUT2D eigenvalue weighted by molar-refractivity contribution is -0.127. The Hall–Kier alpha value is -2.25. The molecule has 1 aliphatic heterocycles. The number of hydrogen-bond acceptors (Lipinski definition) is 3. The monoisotopic (exact) mass is 311 g/mol. The fourth-order valence-electron chi connectivity index (χ4n) is 3.33. The van der Waals surface area contributed by atoms with E-state index in [0.717, 1.165) is 0 Å². The van der Waals surface area contributed by atoms with Crippen molar-refractivity contribution in [3.8, 4) is 0 Å². The zero-order valence-corrected chi connectivity index (χ0v) is 11.9. The number of likely N-dealkylation sites (N-methyl/N-ethyl adjacent to an activating group) is 1. The van der Waals surface area contributed by atoms with Gasteiger partial charge in [0.15, 0.2) is 0 Å². The average Bonchev–Trinajstić information content (AvgIpc) is 2.64. The number of alkyl halides is 2. The molecule has 1 aromatic rings. The van der Waals surface area contributed by atoms with E-state index in [9.17, 15) is 18.4 Å². The molecule has 22 heavy (non-hydrogen) atoms. The number of carbonyl (C=O) groups excluding carboxylic acids is 1. The van der Waals surface area contributed by atoms with E-state index in [1.54, 1.807) is 7.05 Å². The Balaban J connectivity index is 2.04. The second-order valence-corrected chi connectivity index (χ2v) is 5.83. The Kier molecular flexibility index (Phi) is 3.08. The molecule has 1 spiro atoms. The van der Waals surface area contributed by atoms with Crippen LogP contribution in [0.15, 0.2) is 12.3 Å². The van der Waals surface area contributed by atoms with Crippen molar-refractivity contribution in [3.63, 3.8) is 0 Å². The number of amides is 2. The normalized spacial score (nSPS) is 21.8. The molecule has 2 heterocycles. The molecule has 118 valence electrons. The third-order valence-electron chi connectivity index (χ3n) is 4.50. The number of fused-ring (bicyclic) bond motifs is 2. The van der Waals surface area contributed by atoms with Crippen molar-refractivity contribution in [1.29, 1.82) is 0 Å². The van der Waals surface area contributed by atoms with Gasteiger partial charge in [-0.15, -0.1) is 0 Å². The van der Waals surface area contributed by atoms with Crippen molar-refractivity contribution in [2.24, 2.45) is 0 Å². The van der Waals surface area contributed by atoms with Gasteiger partial charge in [0.1, 0.15) is 5.82 Å². The quantitative estimate of drug-likeness (QED) is 0.835. The Morgan fingerprint density at radius 2 is 2.00 bits per heavy atom. The van der Waals surface area contributed by atoms with E-state index in [4.69, 9.17) is 5.11 Å². The van der Waals surface area contributed by atoms with E-state index in [0.29, 0.717) is 11.4 Å². The molecule has 0 atom stereocenters. The first-order valence-corrected chi connectivity index (χ1v) is 6.92. The van der Waals surface area contributed by atoms with Gasteiger partial charge in [-0.3, -0.25) is 15.0 Å². The number of carboxylic acid groups (broad SMARTS) is 1. The molecule has 1 aromatic heterocycles. The molecule has 0 unspecified atom stereocenters. The number of nitrogens with one attached hydrogen (secondary N) is 1. The molecule has 2 aliphatic rings. The average molecular weight is 311 g/mol. The van der Waals surface area contributed by atoms with Crippen LogP contribution in [0.4, 0.5) is 25.1 Å². The lowest BCUT2D eigenvalue weighted by Crippen LogP contribution is -2.44. The maximum atomic E-state index is 13.5. The summed E-state index contributed by atoms with van der Waals surface area (Å²) in [6.45, 7) is 0. The number of carbonyl (C=O) groups is 2. The molecule has 1 saturated carbocycles. The molecule has 2 amide bonds. The van der Waals surface area contributed by atoms with Crippen LogP contribution in [0, 0.1) is 0 Å². The number of aromatic nitrogens is 1. The smallest absolute Gasteiger partial charge is 0.409 e. The van der Waals surface area contributed by atoms with Gasteiger partial charge in [-0.25, -0.2) is 18.6 Å². The van der Waals surface area contributed by atoms with Crippen LogP contribution in [0.5, 0.6) is 0 Å². The van der Waals surface area contributed by atoms with Crippen LogP contribution in [-0.4, -0.2) is 35.1 Å². The summed E-state index contributed by atoms with van der Waals surface area (Å²) in [6.07, 6.45) is -0.579. The van der Waals surface area contributed by atoms with Crippen LogP contribution >= 0.6 is 0 Å². The summed E-state index contributed by atoms with van der Waals surface area (Å²) in [6, 6.07) is 1.53. The summed E-state index contributed by atoms with van der Waals surface area (Å²) >= 11 is 0. The molecule has 1 fully saturated rings. The van der Waals surface area contributed by atoms with Gasteiger partial charge >= 0.3 is 6.09 Å². The third-order valence-corrected chi connectivity index (χ3v) is 4.50. The van der Waals surface area contributed by atoms with Gasteiger partial charge in [-0.05, 0) is 18.9 Å². The minimum absolute atomic E-state index is 0.0361. The van der Waals surface area contributed by atoms with Crippen LogP contribution in [0.25, 0.3) is 0 Å². The summed E-state index contributed by atoms with van der Waals surface area (Å²) in [4.78, 5) is 28.8. The second kappa shape index (κ2) is 4.62. The Morgan fingerprint density at radius 1 is 1.36 bits per heavy atom. The Morgan fingerprint density at radius 3 is 2.59 bits per heavy atom. The first-order valence-electron chi connectivity index (χ1n) is 6.92. The highest BCUT2D eigenvalue weighted by molar-refractivity contribution is 6.07. The highest BCUT2D eigenvalue weighted by Crippen LogP contribution is 2.52. The van der Waals surface area contributed by atoms with Gasteiger partial charge in [0.25, 0.3) is 0 Å². The Labute approximate surface area is 125 Å². The largest absolute Gasteiger partial charge is 0.465 e. The van der Waals surface area contributed by atoms with Crippen LogP contribution in [0.1, 0.15) is 31.2 Å². The van der Waals surface area contributed by atoms with E-state index in [2.05, 4.69) is 10.3 Å². The first-order chi connectivity index (χ1) is 10.3. The van der Waals surface area contributed by atoms with Gasteiger partial charge in [0, 0.05) is 25.5 Å². The van der Waals surface area contributed by atoms with Crippen molar-refractivity contribution < 1.29 is 23.5 Å². The predicted molar refractivity (Wildman–Crippen MR) is 74.4 cm³/mol. The van der Waals surface area contributed by atoms with Crippen molar-refractivity contribution in [1.82, 2.24) is 4.98 Å². The van der Waals surface area contributed by atoms with E-state index in [1.165, 1.54) is 17.2 Å². The van der Waals surface area contributed by atoms with Gasteiger partial charge in [0.2, 0.25) is 11.8 Å². The van der Waals surface area contributed by atoms with Gasteiger partial charge < -0.3 is 5.11 Å². The molecule has 1 aliphatic carbocycles. The number of anilines is 2. The number of nitrogens with zero attached hydrogens (tertiary/aromatic N) is 2. The third kappa shape index (κ3) is 2.10. The number of hydrogen-bond donors (Lipinski definition) is 2. The van der Waals surface area contributed by atoms with Crippen LogP contribution in [0.3, 0.4) is 0 Å². The second-order valence-electron chi connectivity index (χ2n) is 5.83. The summed E-state index contributed by atoms with van der Waals surface area (Å²) in [5.74, 6) is -2.60.